The molecule has 0 heterocycles. The van der Waals surface area contributed by atoms with Crippen molar-refractivity contribution < 1.29 is 0 Å². The van der Waals surface area contributed by atoms with E-state index in [1.807, 2.05) is 0 Å². The van der Waals surface area contributed by atoms with Crippen LogP contribution in [0.2, 0.25) is 36.8 Å². The largest absolute Gasteiger partial charge is 0.176 e. The van der Waals surface area contributed by atoms with Crippen molar-refractivity contribution in [3.05, 3.63) is 0 Å². The lowest BCUT2D eigenvalue weighted by atomic mass is 10.2. The van der Waals surface area contributed by atoms with Crippen molar-refractivity contribution in [1.82, 2.24) is 0 Å². The first-order valence-corrected chi connectivity index (χ1v) is 23.5. The molecule has 2 radical (unpaired) electrons. The van der Waals surface area contributed by atoms with Gasteiger partial charge in [0.25, 0.3) is 0 Å². The maximum absolute atomic E-state index is 7.47. The summed E-state index contributed by atoms with van der Waals surface area (Å²) in [5.41, 5.74) is 0. The van der Waals surface area contributed by atoms with E-state index in [4.69, 9.17) is 11.1 Å². The van der Waals surface area contributed by atoms with Gasteiger partial charge in [-0.25, -0.2) is 0 Å². The normalized spacial score (nSPS) is 16.8. The summed E-state index contributed by atoms with van der Waals surface area (Å²) < 4.78 is 0. The third-order valence-corrected chi connectivity index (χ3v) is 71.0. The second-order valence-electron chi connectivity index (χ2n) is 16.2. The second kappa shape index (κ2) is 8.13. The van der Waals surface area contributed by atoms with E-state index in [2.05, 4.69) is 131 Å². The van der Waals surface area contributed by atoms with E-state index in [0.717, 1.165) is 0 Å². The van der Waals surface area contributed by atoms with Crippen LogP contribution in [0, 0.1) is 0 Å². The fraction of sp³-hybridized carbons (Fsp3) is 1.00. The molecule has 30 heavy (non-hydrogen) atoms. The first kappa shape index (κ1) is 31.2. The first-order valence-electron chi connectivity index (χ1n) is 11.9. The van der Waals surface area contributed by atoms with E-state index >= 15 is 0 Å². The maximum atomic E-state index is 7.47. The maximum Gasteiger partial charge on any atom is 0.152 e. The van der Waals surface area contributed by atoms with Gasteiger partial charge >= 0.3 is 0 Å². The monoisotopic (exact) mass is 504 g/mol. The molecule has 0 aromatic rings. The van der Waals surface area contributed by atoms with Crippen LogP contribution in [0.4, 0.5) is 0 Å². The van der Waals surface area contributed by atoms with Crippen LogP contribution < -0.4 is 0 Å². The Morgan fingerprint density at radius 3 is 0.600 bits per heavy atom. The third-order valence-electron chi connectivity index (χ3n) is 8.44. The van der Waals surface area contributed by atoms with Gasteiger partial charge in [-0.3, -0.25) is 0 Å². The van der Waals surface area contributed by atoms with Gasteiger partial charge in [0.05, 0.1) is 21.8 Å². The molecular formula is C25H57ClSi4. The van der Waals surface area contributed by atoms with Crippen LogP contribution in [-0.4, -0.2) is 30.2 Å². The van der Waals surface area contributed by atoms with Crippen LogP contribution in [0.1, 0.15) is 125 Å². The summed E-state index contributed by atoms with van der Waals surface area (Å²) in [4.78, 5) is 0. The second-order valence-corrected chi connectivity index (χ2v) is 50.9. The van der Waals surface area contributed by atoms with Crippen molar-refractivity contribution in [3.63, 3.8) is 0 Å². The molecular weight excluding hydrogens is 448 g/mol. The fourth-order valence-corrected chi connectivity index (χ4v) is 120. The Kier molecular flexibility index (Phi) is 8.44. The van der Waals surface area contributed by atoms with Crippen LogP contribution in [0.5, 0.6) is 0 Å². The zero-order valence-corrected chi connectivity index (χ0v) is 29.1. The summed E-state index contributed by atoms with van der Waals surface area (Å²) >= 11 is 7.47. The van der Waals surface area contributed by atoms with Gasteiger partial charge in [-0.2, -0.15) is 11.1 Å². The summed E-state index contributed by atoms with van der Waals surface area (Å²) in [6, 6.07) is 0. The lowest BCUT2D eigenvalue weighted by molar-refractivity contribution is 0.541. The molecule has 5 heteroatoms. The summed E-state index contributed by atoms with van der Waals surface area (Å²) in [5.74, 6) is 0. The van der Waals surface area contributed by atoms with E-state index in [-0.39, 0.29) is 30.2 Å². The van der Waals surface area contributed by atoms with Crippen molar-refractivity contribution in [2.24, 2.45) is 0 Å². The Morgan fingerprint density at radius 1 is 0.400 bits per heavy atom. The van der Waals surface area contributed by atoms with Gasteiger partial charge in [-0.1, -0.05) is 131 Å². The highest BCUT2D eigenvalue weighted by atomic mass is 35.6. The number of rotatable bonds is 3. The smallest absolute Gasteiger partial charge is 0.152 e. The lowest BCUT2D eigenvalue weighted by Gasteiger charge is -2.77. The predicted octanol–water partition coefficient (Wildman–Crippen LogP) is 10.3. The van der Waals surface area contributed by atoms with Crippen molar-refractivity contribution in [2.75, 3.05) is 0 Å². The number of hydrogen-bond acceptors (Lipinski definition) is 0. The Hall–Kier alpha value is 1.16. The van der Waals surface area contributed by atoms with E-state index in [0.29, 0.717) is 8.35 Å². The predicted molar refractivity (Wildman–Crippen MR) is 153 cm³/mol. The molecule has 0 aromatic carbocycles. The van der Waals surface area contributed by atoms with Crippen LogP contribution in [0.15, 0.2) is 0 Å². The first-order chi connectivity index (χ1) is 12.6. The zero-order valence-electron chi connectivity index (χ0n) is 24.4. The molecule has 0 aliphatic rings. The molecule has 0 fully saturated rings. The van der Waals surface area contributed by atoms with Crippen LogP contribution in [0.3, 0.4) is 0 Å². The summed E-state index contributed by atoms with van der Waals surface area (Å²) in [5, 5.41) is 1.70. The van der Waals surface area contributed by atoms with E-state index in [9.17, 15) is 0 Å². The van der Waals surface area contributed by atoms with Crippen LogP contribution in [-0.2, 0) is 0 Å². The Balaban J connectivity index is 8.45. The Labute approximate surface area is 202 Å². The SMILES string of the molecule is CC(C)(C)[Si](C(C)(C)C)(C(C)(C)C)[Si](C)([Si]Cl)[Si](C(C)(C)C)(C(C)(C)C)C(C)(C)C. The Bertz CT molecular complexity index is 474. The molecule has 0 saturated heterocycles. The molecule has 0 spiro atoms. The van der Waals surface area contributed by atoms with Crippen LogP contribution in [0.25, 0.3) is 0 Å². The molecule has 0 aromatic heterocycles. The molecule has 0 rings (SSSR count). The van der Waals surface area contributed by atoms with E-state index < -0.39 is 21.8 Å². The van der Waals surface area contributed by atoms with Gasteiger partial charge < -0.3 is 0 Å². The average Bonchev–Trinajstić information content (AvgIpc) is 2.27. The average molecular weight is 506 g/mol. The van der Waals surface area contributed by atoms with Crippen molar-refractivity contribution in [2.45, 2.75) is 161 Å². The van der Waals surface area contributed by atoms with Gasteiger partial charge in [-0.05, 0) is 30.2 Å². The van der Waals surface area contributed by atoms with Gasteiger partial charge in [-0.15, -0.1) is 0 Å². The molecule has 0 saturated carbocycles. The molecule has 0 bridgehead atoms. The van der Waals surface area contributed by atoms with Gasteiger partial charge in [0.15, 0.2) is 8.35 Å². The fourth-order valence-electron chi connectivity index (χ4n) is 11.7. The topological polar surface area (TPSA) is 0 Å². The summed E-state index contributed by atoms with van der Waals surface area (Å²) in [6.45, 7) is 47.4. The van der Waals surface area contributed by atoms with Crippen LogP contribution >= 0.6 is 11.1 Å². The minimum atomic E-state index is -2.04. The minimum Gasteiger partial charge on any atom is -0.176 e. The zero-order chi connectivity index (χ0) is 25.2. The molecule has 0 amide bonds. The number of hydrogen-bond donors (Lipinski definition) is 0. The molecule has 0 nitrogen and oxygen atoms in total. The summed E-state index contributed by atoms with van der Waals surface area (Å²) in [7, 11) is -3.49. The highest BCUT2D eigenvalue weighted by Gasteiger charge is 2.80. The summed E-state index contributed by atoms with van der Waals surface area (Å²) in [6.07, 6.45) is 0. The van der Waals surface area contributed by atoms with Gasteiger partial charge in [0.2, 0.25) is 0 Å². The lowest BCUT2D eigenvalue weighted by Crippen LogP contribution is -2.91. The molecule has 0 aliphatic carbocycles. The Morgan fingerprint density at radius 2 is 0.533 bits per heavy atom. The third kappa shape index (κ3) is 3.99. The standard InChI is InChI=1S/C25H57ClSi4/c1-20(2,3)29(21(4,5)6,22(7,8)9)28(19,27-26)30(23(10,11)12,24(13,14)15)25(16,17)18/h1-19H3. The van der Waals surface area contributed by atoms with Crippen molar-refractivity contribution in [1.29, 1.82) is 0 Å². The highest BCUT2D eigenvalue weighted by molar-refractivity contribution is 7.90. The van der Waals surface area contributed by atoms with Gasteiger partial charge in [0.1, 0.15) is 0 Å². The number of halogens is 1. The molecule has 0 unspecified atom stereocenters. The van der Waals surface area contributed by atoms with E-state index in [1.54, 1.807) is 0 Å². The minimum absolute atomic E-state index is 0.284. The van der Waals surface area contributed by atoms with Crippen molar-refractivity contribution >= 4 is 41.2 Å². The van der Waals surface area contributed by atoms with Gasteiger partial charge in [0, 0.05) is 0 Å². The molecule has 0 atom stereocenters. The van der Waals surface area contributed by atoms with E-state index in [1.165, 1.54) is 0 Å². The molecule has 180 valence electrons. The molecule has 0 N–H and O–H groups in total. The van der Waals surface area contributed by atoms with Crippen molar-refractivity contribution in [3.8, 4) is 0 Å². The highest BCUT2D eigenvalue weighted by Crippen LogP contribution is 2.74. The quantitative estimate of drug-likeness (QED) is 0.264. The molecule has 0 aliphatic heterocycles.